The number of aryl methyl sites for hydroxylation is 2. The van der Waals surface area contributed by atoms with Gasteiger partial charge in [-0.1, -0.05) is 23.8 Å². The predicted octanol–water partition coefficient (Wildman–Crippen LogP) is 3.12. The van der Waals surface area contributed by atoms with Crippen LogP contribution >= 0.6 is 11.8 Å². The lowest BCUT2D eigenvalue weighted by Crippen LogP contribution is -2.23. The Kier molecular flexibility index (Phi) is 5.36. The first-order valence-electron chi connectivity index (χ1n) is 8.28. The number of nitrogens with one attached hydrogen (secondary N) is 1. The highest BCUT2D eigenvalue weighted by molar-refractivity contribution is 7.98. The molecule has 0 amide bonds. The SMILES string of the molecule is CSc1nc(N)nc(-c2ccc(C)cc2C)c1/C=C/S(=O)(=O)NC1CC1. The molecule has 1 aliphatic carbocycles. The van der Waals surface area contributed by atoms with Crippen molar-refractivity contribution in [3.63, 3.8) is 0 Å². The average molecular weight is 391 g/mol. The fourth-order valence-corrected chi connectivity index (χ4v) is 4.35. The molecule has 1 aromatic heterocycles. The van der Waals surface area contributed by atoms with Crippen molar-refractivity contribution in [3.05, 3.63) is 40.3 Å². The van der Waals surface area contributed by atoms with Crippen molar-refractivity contribution in [2.45, 2.75) is 37.8 Å². The largest absolute Gasteiger partial charge is 0.368 e. The fourth-order valence-electron chi connectivity index (χ4n) is 2.69. The van der Waals surface area contributed by atoms with E-state index >= 15 is 0 Å². The first-order chi connectivity index (χ1) is 12.3. The number of aromatic nitrogens is 2. The summed E-state index contributed by atoms with van der Waals surface area (Å²) in [6.07, 6.45) is 5.22. The Morgan fingerprint density at radius 3 is 2.62 bits per heavy atom. The van der Waals surface area contributed by atoms with Crippen LogP contribution in [0.1, 0.15) is 29.5 Å². The van der Waals surface area contributed by atoms with Gasteiger partial charge in [0.1, 0.15) is 5.03 Å². The van der Waals surface area contributed by atoms with Gasteiger partial charge in [-0.25, -0.2) is 23.1 Å². The fraction of sp³-hybridized carbons (Fsp3) is 0.333. The van der Waals surface area contributed by atoms with Crippen molar-refractivity contribution in [2.24, 2.45) is 0 Å². The number of rotatable bonds is 6. The zero-order valence-electron chi connectivity index (χ0n) is 15.0. The number of nitrogen functional groups attached to an aromatic ring is 1. The van der Waals surface area contributed by atoms with E-state index in [0.717, 1.165) is 29.5 Å². The van der Waals surface area contributed by atoms with Crippen LogP contribution in [0.15, 0.2) is 28.6 Å². The van der Waals surface area contributed by atoms with Crippen molar-refractivity contribution in [1.82, 2.24) is 14.7 Å². The van der Waals surface area contributed by atoms with Crippen LogP contribution in [-0.4, -0.2) is 30.7 Å². The maximum Gasteiger partial charge on any atom is 0.233 e. The summed E-state index contributed by atoms with van der Waals surface area (Å²) >= 11 is 1.41. The molecule has 1 saturated carbocycles. The summed E-state index contributed by atoms with van der Waals surface area (Å²) in [4.78, 5) is 8.67. The van der Waals surface area contributed by atoms with E-state index in [1.165, 1.54) is 17.2 Å². The first-order valence-corrected chi connectivity index (χ1v) is 11.1. The minimum absolute atomic E-state index is 0.0613. The van der Waals surface area contributed by atoms with E-state index in [9.17, 15) is 8.42 Å². The Labute approximate surface area is 158 Å². The second kappa shape index (κ2) is 7.38. The molecule has 0 saturated heterocycles. The Morgan fingerprint density at radius 2 is 2.00 bits per heavy atom. The van der Waals surface area contributed by atoms with Crippen molar-refractivity contribution < 1.29 is 8.42 Å². The molecule has 1 fully saturated rings. The van der Waals surface area contributed by atoms with Crippen LogP contribution in [0.3, 0.4) is 0 Å². The molecule has 8 heteroatoms. The van der Waals surface area contributed by atoms with Gasteiger partial charge >= 0.3 is 0 Å². The quantitative estimate of drug-likeness (QED) is 0.581. The highest BCUT2D eigenvalue weighted by atomic mass is 32.2. The second-order valence-corrected chi connectivity index (χ2v) is 8.80. The summed E-state index contributed by atoms with van der Waals surface area (Å²) in [7, 11) is -3.49. The zero-order valence-corrected chi connectivity index (χ0v) is 16.6. The maximum atomic E-state index is 12.2. The van der Waals surface area contributed by atoms with Gasteiger partial charge in [0, 0.05) is 22.6 Å². The van der Waals surface area contributed by atoms with Gasteiger partial charge in [0.05, 0.1) is 5.69 Å². The summed E-state index contributed by atoms with van der Waals surface area (Å²) in [5.41, 5.74) is 10.3. The lowest BCUT2D eigenvalue weighted by molar-refractivity contribution is 0.590. The van der Waals surface area contributed by atoms with Gasteiger partial charge in [-0.15, -0.1) is 11.8 Å². The monoisotopic (exact) mass is 390 g/mol. The molecule has 1 heterocycles. The van der Waals surface area contributed by atoms with Crippen molar-refractivity contribution in [3.8, 4) is 11.3 Å². The molecule has 26 heavy (non-hydrogen) atoms. The zero-order chi connectivity index (χ0) is 18.9. The standard InChI is InChI=1S/C18H22N4O2S2/c1-11-4-7-14(12(2)10-11)16-15(17(25-3)21-18(19)20-16)8-9-26(23,24)22-13-5-6-13/h4,7-10,13,22H,5-6H2,1-3H3,(H2,19,20,21)/b9-8+. The third kappa shape index (κ3) is 4.44. The highest BCUT2D eigenvalue weighted by Crippen LogP contribution is 2.32. The second-order valence-electron chi connectivity index (χ2n) is 6.41. The third-order valence-corrected chi connectivity index (χ3v) is 5.93. The molecule has 0 spiro atoms. The first kappa shape index (κ1) is 18.9. The summed E-state index contributed by atoms with van der Waals surface area (Å²) in [5.74, 6) is 0.167. The normalized spacial score (nSPS) is 14.9. The van der Waals surface area contributed by atoms with Crippen LogP contribution in [-0.2, 0) is 10.0 Å². The van der Waals surface area contributed by atoms with E-state index in [4.69, 9.17) is 5.73 Å². The molecule has 1 aromatic carbocycles. The number of anilines is 1. The van der Waals surface area contributed by atoms with Crippen LogP contribution in [0.2, 0.25) is 0 Å². The number of sulfonamides is 1. The van der Waals surface area contributed by atoms with Gasteiger partial charge in [-0.05, 0) is 44.6 Å². The minimum atomic E-state index is -3.49. The van der Waals surface area contributed by atoms with Gasteiger partial charge in [0.25, 0.3) is 0 Å². The van der Waals surface area contributed by atoms with E-state index in [1.54, 1.807) is 6.08 Å². The number of hydrogen-bond donors (Lipinski definition) is 2. The molecule has 0 atom stereocenters. The van der Waals surface area contributed by atoms with Crippen molar-refractivity contribution in [2.75, 3.05) is 12.0 Å². The third-order valence-electron chi connectivity index (χ3n) is 4.08. The predicted molar refractivity (Wildman–Crippen MR) is 107 cm³/mol. The molecule has 138 valence electrons. The Balaban J connectivity index is 2.10. The molecule has 1 aliphatic rings. The number of benzene rings is 1. The number of nitrogens with two attached hydrogens (primary N) is 1. The summed E-state index contributed by atoms with van der Waals surface area (Å²) in [6, 6.07) is 6.10. The van der Waals surface area contributed by atoms with Crippen molar-refractivity contribution in [1.29, 1.82) is 0 Å². The molecular formula is C18H22N4O2S2. The molecule has 0 unspecified atom stereocenters. The van der Waals surface area contributed by atoms with Crippen LogP contribution in [0, 0.1) is 13.8 Å². The Hall–Kier alpha value is -1.90. The van der Waals surface area contributed by atoms with Crippen LogP contribution in [0.4, 0.5) is 5.95 Å². The molecule has 3 N–H and O–H groups in total. The Bertz CT molecular complexity index is 967. The van der Waals surface area contributed by atoms with Crippen LogP contribution in [0.5, 0.6) is 0 Å². The van der Waals surface area contributed by atoms with E-state index in [-0.39, 0.29) is 12.0 Å². The number of hydrogen-bond acceptors (Lipinski definition) is 6. The average Bonchev–Trinajstić information content (AvgIpc) is 3.36. The molecule has 0 radical (unpaired) electrons. The van der Waals surface area contributed by atoms with E-state index in [2.05, 4.69) is 20.8 Å². The van der Waals surface area contributed by atoms with E-state index in [0.29, 0.717) is 16.3 Å². The molecule has 0 aliphatic heterocycles. The summed E-state index contributed by atoms with van der Waals surface area (Å²) in [6.45, 7) is 4.02. The van der Waals surface area contributed by atoms with Crippen molar-refractivity contribution >= 4 is 33.8 Å². The Morgan fingerprint density at radius 1 is 1.27 bits per heavy atom. The van der Waals surface area contributed by atoms with Crippen LogP contribution in [0.25, 0.3) is 17.3 Å². The van der Waals surface area contributed by atoms with Crippen LogP contribution < -0.4 is 10.5 Å². The van der Waals surface area contributed by atoms with E-state index < -0.39 is 10.0 Å². The maximum absolute atomic E-state index is 12.2. The molecular weight excluding hydrogens is 368 g/mol. The van der Waals surface area contributed by atoms with Gasteiger partial charge in [0.15, 0.2) is 0 Å². The molecule has 6 nitrogen and oxygen atoms in total. The van der Waals surface area contributed by atoms with Gasteiger partial charge in [-0.2, -0.15) is 0 Å². The lowest BCUT2D eigenvalue weighted by Gasteiger charge is -2.13. The van der Waals surface area contributed by atoms with Gasteiger partial charge in [-0.3, -0.25) is 0 Å². The highest BCUT2D eigenvalue weighted by Gasteiger charge is 2.25. The minimum Gasteiger partial charge on any atom is -0.368 e. The molecule has 2 aromatic rings. The van der Waals surface area contributed by atoms with E-state index in [1.807, 2.05) is 32.2 Å². The van der Waals surface area contributed by atoms with Gasteiger partial charge < -0.3 is 5.73 Å². The summed E-state index contributed by atoms with van der Waals surface area (Å²) in [5, 5.41) is 1.83. The smallest absolute Gasteiger partial charge is 0.233 e. The number of thioether (sulfide) groups is 1. The molecule has 0 bridgehead atoms. The lowest BCUT2D eigenvalue weighted by atomic mass is 10.00. The van der Waals surface area contributed by atoms with Gasteiger partial charge in [0.2, 0.25) is 16.0 Å². The molecule has 3 rings (SSSR count). The summed E-state index contributed by atoms with van der Waals surface area (Å²) < 4.78 is 27.1. The topological polar surface area (TPSA) is 98.0 Å². The number of nitrogens with zero attached hydrogens (tertiary/aromatic N) is 2.